The van der Waals surface area contributed by atoms with E-state index in [1.807, 2.05) is 32.0 Å². The molecule has 5 nitrogen and oxygen atoms in total. The molecule has 2 N–H and O–H groups in total. The molecule has 0 bridgehead atoms. The Bertz CT molecular complexity index is 570. The molecule has 6 heteroatoms. The number of thiocarbonyl (C=S) groups is 1. The van der Waals surface area contributed by atoms with Crippen LogP contribution >= 0.6 is 12.2 Å². The molecule has 1 saturated heterocycles. The second-order valence-corrected chi connectivity index (χ2v) is 4.45. The third kappa shape index (κ3) is 3.27. The van der Waals surface area contributed by atoms with Gasteiger partial charge in [0, 0.05) is 0 Å². The first kappa shape index (κ1) is 14.3. The van der Waals surface area contributed by atoms with Gasteiger partial charge in [-0.1, -0.05) is 6.07 Å². The molecule has 0 aromatic heterocycles. The average molecular weight is 292 g/mol. The summed E-state index contributed by atoms with van der Waals surface area (Å²) in [5.41, 5.74) is 1.25. The maximum Gasteiger partial charge on any atom is 0.273 e. The number of amides is 1. The summed E-state index contributed by atoms with van der Waals surface area (Å²) in [7, 11) is 0. The van der Waals surface area contributed by atoms with Gasteiger partial charge in [-0.15, -0.1) is 0 Å². The number of rotatable bonds is 5. The summed E-state index contributed by atoms with van der Waals surface area (Å²) in [5, 5.41) is 5.64. The van der Waals surface area contributed by atoms with Crippen molar-refractivity contribution in [3.63, 3.8) is 0 Å². The van der Waals surface area contributed by atoms with Gasteiger partial charge < -0.3 is 14.8 Å². The molecular weight excluding hydrogens is 276 g/mol. The van der Waals surface area contributed by atoms with Crippen LogP contribution in [0, 0.1) is 0 Å². The Morgan fingerprint density at radius 1 is 1.15 bits per heavy atom. The highest BCUT2D eigenvalue weighted by molar-refractivity contribution is 7.80. The summed E-state index contributed by atoms with van der Waals surface area (Å²) in [6, 6.07) is 5.51. The molecule has 1 aromatic rings. The van der Waals surface area contributed by atoms with Crippen LogP contribution in [0.5, 0.6) is 11.5 Å². The average Bonchev–Trinajstić information content (AvgIpc) is 2.71. The van der Waals surface area contributed by atoms with Gasteiger partial charge in [-0.05, 0) is 49.8 Å². The summed E-state index contributed by atoms with van der Waals surface area (Å²) in [4.78, 5) is 11.6. The van der Waals surface area contributed by atoms with Crippen LogP contribution in [-0.4, -0.2) is 24.2 Å². The van der Waals surface area contributed by atoms with Crippen molar-refractivity contribution in [2.24, 2.45) is 0 Å². The molecule has 1 aliphatic rings. The zero-order valence-electron chi connectivity index (χ0n) is 11.4. The van der Waals surface area contributed by atoms with E-state index in [0.717, 1.165) is 5.56 Å². The first-order chi connectivity index (χ1) is 9.63. The Morgan fingerprint density at radius 3 is 2.45 bits per heavy atom. The van der Waals surface area contributed by atoms with E-state index in [0.29, 0.717) is 35.5 Å². The second-order valence-electron chi connectivity index (χ2n) is 4.04. The van der Waals surface area contributed by atoms with Gasteiger partial charge in [0.2, 0.25) is 0 Å². The summed E-state index contributed by atoms with van der Waals surface area (Å²) < 4.78 is 11.0. The lowest BCUT2D eigenvalue weighted by molar-refractivity contribution is -0.115. The van der Waals surface area contributed by atoms with Crippen molar-refractivity contribution in [2.75, 3.05) is 13.2 Å². The second kappa shape index (κ2) is 6.38. The largest absolute Gasteiger partial charge is 0.490 e. The molecule has 0 unspecified atom stereocenters. The predicted octanol–water partition coefficient (Wildman–Crippen LogP) is 1.83. The molecular formula is C14H16N2O3S. The van der Waals surface area contributed by atoms with Gasteiger partial charge in [-0.3, -0.25) is 10.1 Å². The Morgan fingerprint density at radius 2 is 1.85 bits per heavy atom. The van der Waals surface area contributed by atoms with E-state index in [1.165, 1.54) is 0 Å². The van der Waals surface area contributed by atoms with Crippen LogP contribution in [0.1, 0.15) is 19.4 Å². The zero-order valence-corrected chi connectivity index (χ0v) is 12.2. The Hall–Kier alpha value is -2.08. The minimum absolute atomic E-state index is 0.234. The molecule has 0 aliphatic carbocycles. The fourth-order valence-electron chi connectivity index (χ4n) is 1.81. The summed E-state index contributed by atoms with van der Waals surface area (Å²) in [5.74, 6) is 1.11. The highest BCUT2D eigenvalue weighted by Gasteiger charge is 2.20. The molecule has 1 amide bonds. The van der Waals surface area contributed by atoms with Crippen LogP contribution in [0.15, 0.2) is 23.9 Å². The van der Waals surface area contributed by atoms with Gasteiger partial charge in [0.1, 0.15) is 5.70 Å². The number of nitrogens with one attached hydrogen (secondary N) is 2. The molecule has 106 valence electrons. The van der Waals surface area contributed by atoms with Gasteiger partial charge in [0.25, 0.3) is 5.91 Å². The number of ether oxygens (including phenoxy) is 2. The number of hydrogen-bond acceptors (Lipinski definition) is 4. The molecule has 2 rings (SSSR count). The van der Waals surface area contributed by atoms with E-state index in [1.54, 1.807) is 6.08 Å². The number of carbonyl (C=O) groups is 1. The van der Waals surface area contributed by atoms with Crippen LogP contribution in [0.3, 0.4) is 0 Å². The molecule has 1 aliphatic heterocycles. The van der Waals surface area contributed by atoms with Gasteiger partial charge >= 0.3 is 0 Å². The zero-order chi connectivity index (χ0) is 14.5. The van der Waals surface area contributed by atoms with E-state index in [9.17, 15) is 4.79 Å². The van der Waals surface area contributed by atoms with E-state index in [-0.39, 0.29) is 5.91 Å². The number of hydrogen-bond donors (Lipinski definition) is 2. The smallest absolute Gasteiger partial charge is 0.273 e. The minimum atomic E-state index is -0.234. The predicted molar refractivity (Wildman–Crippen MR) is 80.6 cm³/mol. The molecule has 1 aromatic carbocycles. The quantitative estimate of drug-likeness (QED) is 0.640. The third-order valence-corrected chi connectivity index (χ3v) is 2.80. The van der Waals surface area contributed by atoms with E-state index < -0.39 is 0 Å². The normalized spacial score (nSPS) is 16.0. The molecule has 1 fully saturated rings. The summed E-state index contributed by atoms with van der Waals surface area (Å²) >= 11 is 4.88. The van der Waals surface area contributed by atoms with E-state index in [2.05, 4.69) is 10.6 Å². The van der Waals surface area contributed by atoms with Gasteiger partial charge in [0.15, 0.2) is 16.6 Å². The van der Waals surface area contributed by atoms with Crippen molar-refractivity contribution in [1.82, 2.24) is 10.6 Å². The molecule has 0 radical (unpaired) electrons. The first-order valence-electron chi connectivity index (χ1n) is 6.37. The molecule has 20 heavy (non-hydrogen) atoms. The van der Waals surface area contributed by atoms with Crippen LogP contribution in [-0.2, 0) is 4.79 Å². The standard InChI is InChI=1S/C14H16N2O3S/c1-3-18-11-6-5-9(8-12(11)19-4-2)7-10-13(17)16-14(20)15-10/h5-8H,3-4H2,1-2H3,(H2,15,16,17,20)/b10-7+. The van der Waals surface area contributed by atoms with Crippen LogP contribution < -0.4 is 20.1 Å². The van der Waals surface area contributed by atoms with Crippen molar-refractivity contribution < 1.29 is 14.3 Å². The minimum Gasteiger partial charge on any atom is -0.490 e. The number of benzene rings is 1. The summed E-state index contributed by atoms with van der Waals surface area (Å²) in [6.07, 6.45) is 1.72. The molecule has 0 atom stereocenters. The Labute approximate surface area is 123 Å². The third-order valence-electron chi connectivity index (χ3n) is 2.60. The van der Waals surface area contributed by atoms with Crippen molar-refractivity contribution in [3.05, 3.63) is 29.5 Å². The highest BCUT2D eigenvalue weighted by Crippen LogP contribution is 2.29. The Balaban J connectivity index is 2.29. The van der Waals surface area contributed by atoms with Crippen molar-refractivity contribution in [2.45, 2.75) is 13.8 Å². The topological polar surface area (TPSA) is 59.6 Å². The molecule has 0 saturated carbocycles. The van der Waals surface area contributed by atoms with Crippen LogP contribution in [0.2, 0.25) is 0 Å². The van der Waals surface area contributed by atoms with Gasteiger partial charge in [-0.25, -0.2) is 0 Å². The Kier molecular flexibility index (Phi) is 4.57. The molecule has 0 spiro atoms. The van der Waals surface area contributed by atoms with Crippen molar-refractivity contribution in [1.29, 1.82) is 0 Å². The number of carbonyl (C=O) groups excluding carboxylic acids is 1. The first-order valence-corrected chi connectivity index (χ1v) is 6.78. The van der Waals surface area contributed by atoms with Crippen LogP contribution in [0.25, 0.3) is 6.08 Å². The summed E-state index contributed by atoms with van der Waals surface area (Å²) in [6.45, 7) is 4.94. The molecule has 1 heterocycles. The fourth-order valence-corrected chi connectivity index (χ4v) is 2.01. The van der Waals surface area contributed by atoms with E-state index >= 15 is 0 Å². The lowest BCUT2D eigenvalue weighted by Gasteiger charge is -2.11. The monoisotopic (exact) mass is 292 g/mol. The lowest BCUT2D eigenvalue weighted by Crippen LogP contribution is -2.21. The lowest BCUT2D eigenvalue weighted by atomic mass is 10.1. The van der Waals surface area contributed by atoms with Crippen molar-refractivity contribution in [3.8, 4) is 11.5 Å². The highest BCUT2D eigenvalue weighted by atomic mass is 32.1. The van der Waals surface area contributed by atoms with E-state index in [4.69, 9.17) is 21.7 Å². The van der Waals surface area contributed by atoms with Gasteiger partial charge in [0.05, 0.1) is 13.2 Å². The van der Waals surface area contributed by atoms with Gasteiger partial charge in [-0.2, -0.15) is 0 Å². The maximum absolute atomic E-state index is 11.6. The maximum atomic E-state index is 11.6. The van der Waals surface area contributed by atoms with Crippen LogP contribution in [0.4, 0.5) is 0 Å². The fraction of sp³-hybridized carbons (Fsp3) is 0.286. The SMILES string of the molecule is CCOc1ccc(/C=C2/NC(=S)NC2=O)cc1OCC. The van der Waals surface area contributed by atoms with Crippen molar-refractivity contribution >= 4 is 29.3 Å².